The Hall–Kier alpha value is -3.65. The van der Waals surface area contributed by atoms with E-state index < -0.39 is 0 Å². The zero-order valence-corrected chi connectivity index (χ0v) is 19.6. The van der Waals surface area contributed by atoms with E-state index in [1.54, 1.807) is 0 Å². The monoisotopic (exact) mass is 459 g/mol. The second kappa shape index (κ2) is 9.30. The molecule has 34 heavy (non-hydrogen) atoms. The molecule has 0 spiro atoms. The van der Waals surface area contributed by atoms with Gasteiger partial charge in [0.25, 0.3) is 5.56 Å². The van der Waals surface area contributed by atoms with Crippen molar-refractivity contribution in [2.45, 2.75) is 33.2 Å². The van der Waals surface area contributed by atoms with Crippen molar-refractivity contribution in [1.29, 1.82) is 0 Å². The highest BCUT2D eigenvalue weighted by molar-refractivity contribution is 6.09. The molecule has 0 aliphatic carbocycles. The van der Waals surface area contributed by atoms with Crippen molar-refractivity contribution in [3.05, 3.63) is 64.1 Å². The largest absolute Gasteiger partial charge is 0.378 e. The first kappa shape index (κ1) is 22.2. The molecule has 2 aromatic heterocycles. The number of amides is 1. The van der Waals surface area contributed by atoms with Gasteiger partial charge in [-0.2, -0.15) is 0 Å². The second-order valence-corrected chi connectivity index (χ2v) is 8.59. The number of anilines is 2. The summed E-state index contributed by atoms with van der Waals surface area (Å²) in [6.45, 7) is 7.47. The summed E-state index contributed by atoms with van der Waals surface area (Å²) in [6.07, 6.45) is 0.540. The predicted octanol–water partition coefficient (Wildman–Crippen LogP) is 3.61. The van der Waals surface area contributed by atoms with E-state index in [0.717, 1.165) is 23.1 Å². The number of benzene rings is 2. The summed E-state index contributed by atoms with van der Waals surface area (Å²) in [6, 6.07) is 14.3. The van der Waals surface area contributed by atoms with Crippen molar-refractivity contribution in [3.63, 3.8) is 0 Å². The molecule has 1 aliphatic heterocycles. The number of para-hydroxylation sites is 1. The number of fused-ring (bicyclic) bond motifs is 3. The summed E-state index contributed by atoms with van der Waals surface area (Å²) in [4.78, 5) is 34.9. The van der Waals surface area contributed by atoms with Gasteiger partial charge < -0.3 is 19.5 Å². The van der Waals surface area contributed by atoms with Gasteiger partial charge in [-0.05, 0) is 44.5 Å². The molecule has 2 aromatic carbocycles. The zero-order valence-electron chi connectivity index (χ0n) is 19.6. The van der Waals surface area contributed by atoms with E-state index in [4.69, 9.17) is 4.74 Å². The van der Waals surface area contributed by atoms with Gasteiger partial charge in [0, 0.05) is 64.8 Å². The van der Waals surface area contributed by atoms with Gasteiger partial charge in [-0.1, -0.05) is 18.2 Å². The topological polar surface area (TPSA) is 92.2 Å². The Morgan fingerprint density at radius 3 is 2.65 bits per heavy atom. The van der Waals surface area contributed by atoms with Crippen LogP contribution in [-0.2, 0) is 22.5 Å². The Morgan fingerprint density at radius 1 is 1.12 bits per heavy atom. The third-order valence-electron chi connectivity index (χ3n) is 6.49. The third kappa shape index (κ3) is 4.17. The summed E-state index contributed by atoms with van der Waals surface area (Å²) < 4.78 is 7.64. The van der Waals surface area contributed by atoms with Crippen LogP contribution in [0.1, 0.15) is 24.6 Å². The highest BCUT2D eigenvalue weighted by atomic mass is 16.5. The van der Waals surface area contributed by atoms with Crippen molar-refractivity contribution in [2.24, 2.45) is 0 Å². The molecule has 0 unspecified atom stereocenters. The third-order valence-corrected chi connectivity index (χ3v) is 6.49. The van der Waals surface area contributed by atoms with Crippen LogP contribution in [0, 0.1) is 6.92 Å². The quantitative estimate of drug-likeness (QED) is 0.460. The van der Waals surface area contributed by atoms with E-state index >= 15 is 0 Å². The Kier molecular flexibility index (Phi) is 6.06. The molecule has 8 heteroatoms. The first-order valence-corrected chi connectivity index (χ1v) is 11.8. The van der Waals surface area contributed by atoms with Gasteiger partial charge in [0.05, 0.1) is 13.2 Å². The number of H-pyrrole nitrogens is 1. The zero-order chi connectivity index (χ0) is 23.7. The maximum absolute atomic E-state index is 12.7. The number of carbonyl (C=O) groups is 1. The number of nitrogens with one attached hydrogen (secondary N) is 2. The molecule has 5 rings (SSSR count). The Labute approximate surface area is 197 Å². The van der Waals surface area contributed by atoms with Gasteiger partial charge in [0.1, 0.15) is 0 Å². The summed E-state index contributed by atoms with van der Waals surface area (Å²) in [5.74, 6) is 0.438. The molecule has 2 N–H and O–H groups in total. The summed E-state index contributed by atoms with van der Waals surface area (Å²) in [5.41, 5.74) is 4.11. The number of carbonyl (C=O) groups excluding carboxylic acids is 1. The second-order valence-electron chi connectivity index (χ2n) is 8.59. The van der Waals surface area contributed by atoms with E-state index in [-0.39, 0.29) is 17.9 Å². The SMILES string of the molecule is CCn1c2ccccc2c2cc(NC(=O)CCc3c(C)nc(N4CCOCC4)[nH]c3=O)ccc21. The molecule has 1 fully saturated rings. The van der Waals surface area contributed by atoms with Crippen molar-refractivity contribution in [1.82, 2.24) is 14.5 Å². The minimum Gasteiger partial charge on any atom is -0.378 e. The van der Waals surface area contributed by atoms with Crippen molar-refractivity contribution < 1.29 is 9.53 Å². The fourth-order valence-corrected chi connectivity index (χ4v) is 4.75. The molecule has 4 aromatic rings. The summed E-state index contributed by atoms with van der Waals surface area (Å²) in [5, 5.41) is 5.28. The fraction of sp³-hybridized carbons (Fsp3) is 0.346. The predicted molar refractivity (Wildman–Crippen MR) is 135 cm³/mol. The molecular weight excluding hydrogens is 430 g/mol. The van der Waals surface area contributed by atoms with Crippen LogP contribution >= 0.6 is 0 Å². The van der Waals surface area contributed by atoms with Crippen LogP contribution in [0.2, 0.25) is 0 Å². The summed E-state index contributed by atoms with van der Waals surface area (Å²) in [7, 11) is 0. The maximum Gasteiger partial charge on any atom is 0.255 e. The van der Waals surface area contributed by atoms with E-state index in [1.165, 1.54) is 10.9 Å². The number of aryl methyl sites for hydroxylation is 2. The minimum atomic E-state index is -0.185. The van der Waals surface area contributed by atoms with Gasteiger partial charge in [0.15, 0.2) is 0 Å². The number of nitrogens with zero attached hydrogens (tertiary/aromatic N) is 3. The standard InChI is InChI=1S/C26H29N5O3/c1-3-31-22-7-5-4-6-20(22)21-16-18(8-10-23(21)31)28-24(32)11-9-19-17(2)27-26(29-25(19)33)30-12-14-34-15-13-30/h4-8,10,16H,3,9,11-15H2,1-2H3,(H,28,32)(H,27,29,33). The highest BCUT2D eigenvalue weighted by Crippen LogP contribution is 2.31. The lowest BCUT2D eigenvalue weighted by atomic mass is 10.1. The first-order chi connectivity index (χ1) is 16.5. The van der Waals surface area contributed by atoms with E-state index in [2.05, 4.69) is 45.0 Å². The van der Waals surface area contributed by atoms with Gasteiger partial charge in [-0.15, -0.1) is 0 Å². The van der Waals surface area contributed by atoms with Crippen molar-refractivity contribution in [3.8, 4) is 0 Å². The minimum absolute atomic E-state index is 0.130. The molecule has 1 aliphatic rings. The Morgan fingerprint density at radius 2 is 1.88 bits per heavy atom. The molecule has 1 amide bonds. The molecule has 1 saturated heterocycles. The van der Waals surface area contributed by atoms with Crippen LogP contribution in [0.25, 0.3) is 21.8 Å². The van der Waals surface area contributed by atoms with Crippen LogP contribution in [0.5, 0.6) is 0 Å². The number of hydrogen-bond acceptors (Lipinski definition) is 5. The van der Waals surface area contributed by atoms with Gasteiger partial charge in [0.2, 0.25) is 11.9 Å². The lowest BCUT2D eigenvalue weighted by Crippen LogP contribution is -2.38. The Bertz CT molecular complexity index is 1420. The van der Waals surface area contributed by atoms with Crippen molar-refractivity contribution >= 4 is 39.3 Å². The number of aromatic nitrogens is 3. The van der Waals surface area contributed by atoms with Gasteiger partial charge in [-0.3, -0.25) is 14.6 Å². The molecule has 3 heterocycles. The highest BCUT2D eigenvalue weighted by Gasteiger charge is 2.17. The van der Waals surface area contributed by atoms with Crippen LogP contribution in [0.15, 0.2) is 47.3 Å². The normalized spacial score (nSPS) is 14.1. The van der Waals surface area contributed by atoms with Crippen LogP contribution < -0.4 is 15.8 Å². The Balaban J connectivity index is 1.30. The lowest BCUT2D eigenvalue weighted by molar-refractivity contribution is -0.116. The molecule has 8 nitrogen and oxygen atoms in total. The van der Waals surface area contributed by atoms with E-state index in [9.17, 15) is 9.59 Å². The number of hydrogen-bond donors (Lipinski definition) is 2. The molecular formula is C26H29N5O3. The van der Waals surface area contributed by atoms with Crippen molar-refractivity contribution in [2.75, 3.05) is 36.5 Å². The number of aromatic amines is 1. The van der Waals surface area contributed by atoms with Gasteiger partial charge >= 0.3 is 0 Å². The molecule has 176 valence electrons. The molecule has 0 atom stereocenters. The summed E-state index contributed by atoms with van der Waals surface area (Å²) >= 11 is 0. The lowest BCUT2D eigenvalue weighted by Gasteiger charge is -2.27. The number of morpholine rings is 1. The number of rotatable bonds is 6. The molecule has 0 saturated carbocycles. The average Bonchev–Trinajstić information content (AvgIpc) is 3.17. The fourth-order valence-electron chi connectivity index (χ4n) is 4.75. The van der Waals surface area contributed by atoms with Crippen LogP contribution in [-0.4, -0.2) is 46.7 Å². The molecule has 0 radical (unpaired) electrons. The first-order valence-electron chi connectivity index (χ1n) is 11.8. The van der Waals surface area contributed by atoms with E-state index in [0.29, 0.717) is 49.9 Å². The average molecular weight is 460 g/mol. The number of ether oxygens (including phenoxy) is 1. The molecule has 0 bridgehead atoms. The van der Waals surface area contributed by atoms with Crippen LogP contribution in [0.3, 0.4) is 0 Å². The van der Waals surface area contributed by atoms with Crippen LogP contribution in [0.4, 0.5) is 11.6 Å². The van der Waals surface area contributed by atoms with Gasteiger partial charge in [-0.25, -0.2) is 4.98 Å². The smallest absolute Gasteiger partial charge is 0.255 e. The van der Waals surface area contributed by atoms with E-state index in [1.807, 2.05) is 36.1 Å². The maximum atomic E-state index is 12.7.